The first-order valence-electron chi connectivity index (χ1n) is 6.78. The van der Waals surface area contributed by atoms with Crippen LogP contribution in [0, 0.1) is 10.8 Å². The molecule has 1 N–H and O–H groups in total. The zero-order chi connectivity index (χ0) is 12.8. The SMILES string of the molecule is CC(C)NC(=S)N1C[C@@]2(C)C[C@@H]1CC(C)(C)C2. The van der Waals surface area contributed by atoms with Crippen molar-refractivity contribution in [2.24, 2.45) is 10.8 Å². The molecule has 0 radical (unpaired) electrons. The molecule has 2 atom stereocenters. The summed E-state index contributed by atoms with van der Waals surface area (Å²) >= 11 is 5.55. The quantitative estimate of drug-likeness (QED) is 0.724. The summed E-state index contributed by atoms with van der Waals surface area (Å²) in [7, 11) is 0. The van der Waals surface area contributed by atoms with Crippen molar-refractivity contribution in [3.8, 4) is 0 Å². The molecule has 2 bridgehead atoms. The molecule has 98 valence electrons. The summed E-state index contributed by atoms with van der Waals surface area (Å²) in [4.78, 5) is 2.45. The Balaban J connectivity index is 2.11. The van der Waals surface area contributed by atoms with E-state index >= 15 is 0 Å². The summed E-state index contributed by atoms with van der Waals surface area (Å²) in [6.07, 6.45) is 3.93. The monoisotopic (exact) mass is 254 g/mol. The highest BCUT2D eigenvalue weighted by molar-refractivity contribution is 7.80. The molecule has 0 aromatic carbocycles. The Labute approximate surface area is 111 Å². The van der Waals surface area contributed by atoms with E-state index in [-0.39, 0.29) is 0 Å². The third-order valence-corrected chi connectivity index (χ3v) is 4.44. The van der Waals surface area contributed by atoms with Crippen molar-refractivity contribution < 1.29 is 0 Å². The second kappa shape index (κ2) is 4.11. The lowest BCUT2D eigenvalue weighted by Gasteiger charge is -2.39. The molecule has 0 unspecified atom stereocenters. The highest BCUT2D eigenvalue weighted by atomic mass is 32.1. The van der Waals surface area contributed by atoms with Crippen molar-refractivity contribution >= 4 is 17.3 Å². The largest absolute Gasteiger partial charge is 0.360 e. The van der Waals surface area contributed by atoms with Crippen LogP contribution in [0.2, 0.25) is 0 Å². The van der Waals surface area contributed by atoms with E-state index in [4.69, 9.17) is 12.2 Å². The topological polar surface area (TPSA) is 15.3 Å². The molecule has 1 aliphatic heterocycles. The smallest absolute Gasteiger partial charge is 0.169 e. The fourth-order valence-electron chi connectivity index (χ4n) is 4.03. The van der Waals surface area contributed by atoms with Crippen LogP contribution in [0.3, 0.4) is 0 Å². The van der Waals surface area contributed by atoms with Gasteiger partial charge in [-0.15, -0.1) is 0 Å². The van der Waals surface area contributed by atoms with Crippen molar-refractivity contribution in [3.05, 3.63) is 0 Å². The van der Waals surface area contributed by atoms with Gasteiger partial charge < -0.3 is 10.2 Å². The molecule has 1 saturated heterocycles. The number of nitrogens with one attached hydrogen (secondary N) is 1. The summed E-state index contributed by atoms with van der Waals surface area (Å²) in [5.74, 6) is 0. The predicted octanol–water partition coefficient (Wildman–Crippen LogP) is 3.17. The summed E-state index contributed by atoms with van der Waals surface area (Å²) in [6, 6.07) is 1.09. The van der Waals surface area contributed by atoms with E-state index in [9.17, 15) is 0 Å². The van der Waals surface area contributed by atoms with Crippen molar-refractivity contribution in [2.75, 3.05) is 6.54 Å². The van der Waals surface area contributed by atoms with Gasteiger partial charge in [0.2, 0.25) is 0 Å². The third-order valence-electron chi connectivity index (χ3n) is 4.09. The maximum atomic E-state index is 5.55. The van der Waals surface area contributed by atoms with E-state index in [2.05, 4.69) is 44.8 Å². The van der Waals surface area contributed by atoms with Gasteiger partial charge in [0.1, 0.15) is 0 Å². The Morgan fingerprint density at radius 3 is 2.53 bits per heavy atom. The number of rotatable bonds is 1. The molecule has 0 spiro atoms. The van der Waals surface area contributed by atoms with Gasteiger partial charge in [0.25, 0.3) is 0 Å². The average molecular weight is 254 g/mol. The summed E-state index contributed by atoms with van der Waals surface area (Å²) in [5.41, 5.74) is 0.939. The molecule has 0 aromatic heterocycles. The Kier molecular flexibility index (Phi) is 3.18. The van der Waals surface area contributed by atoms with Crippen LogP contribution in [-0.4, -0.2) is 28.6 Å². The van der Waals surface area contributed by atoms with Gasteiger partial charge >= 0.3 is 0 Å². The lowest BCUT2D eigenvalue weighted by molar-refractivity contribution is 0.132. The van der Waals surface area contributed by atoms with Gasteiger partial charge in [-0.3, -0.25) is 0 Å². The number of hydrogen-bond donors (Lipinski definition) is 1. The Morgan fingerprint density at radius 1 is 1.29 bits per heavy atom. The van der Waals surface area contributed by atoms with E-state index in [0.29, 0.717) is 22.9 Å². The van der Waals surface area contributed by atoms with E-state index < -0.39 is 0 Å². The van der Waals surface area contributed by atoms with Crippen molar-refractivity contribution in [2.45, 2.75) is 66.0 Å². The summed E-state index contributed by atoms with van der Waals surface area (Å²) in [5, 5.41) is 4.36. The van der Waals surface area contributed by atoms with Gasteiger partial charge in [-0.25, -0.2) is 0 Å². The molecule has 2 rings (SSSR count). The molecule has 2 fully saturated rings. The van der Waals surface area contributed by atoms with Crippen LogP contribution in [0.5, 0.6) is 0 Å². The van der Waals surface area contributed by atoms with Gasteiger partial charge in [0, 0.05) is 18.6 Å². The van der Waals surface area contributed by atoms with E-state index in [1.54, 1.807) is 0 Å². The van der Waals surface area contributed by atoms with Gasteiger partial charge in [0.15, 0.2) is 5.11 Å². The minimum absolute atomic E-state index is 0.434. The van der Waals surface area contributed by atoms with Crippen molar-refractivity contribution in [1.82, 2.24) is 10.2 Å². The van der Waals surface area contributed by atoms with Crippen LogP contribution in [0.4, 0.5) is 0 Å². The lowest BCUT2D eigenvalue weighted by atomic mass is 9.65. The number of thiocarbonyl (C=S) groups is 1. The molecule has 0 amide bonds. The fraction of sp³-hybridized carbons (Fsp3) is 0.929. The van der Waals surface area contributed by atoms with Crippen LogP contribution >= 0.6 is 12.2 Å². The first kappa shape index (κ1) is 13.1. The minimum Gasteiger partial charge on any atom is -0.360 e. The van der Waals surface area contributed by atoms with Crippen LogP contribution in [0.15, 0.2) is 0 Å². The Hall–Kier alpha value is -0.310. The molecular formula is C14H26N2S. The van der Waals surface area contributed by atoms with Gasteiger partial charge in [0.05, 0.1) is 0 Å². The normalized spacial score (nSPS) is 35.2. The number of fused-ring (bicyclic) bond motifs is 2. The minimum atomic E-state index is 0.434. The molecule has 1 saturated carbocycles. The van der Waals surface area contributed by atoms with E-state index in [0.717, 1.165) is 11.7 Å². The fourth-order valence-corrected chi connectivity index (χ4v) is 4.48. The van der Waals surface area contributed by atoms with Gasteiger partial charge in [-0.05, 0) is 56.2 Å². The average Bonchev–Trinajstić information content (AvgIpc) is 2.33. The van der Waals surface area contributed by atoms with Crippen LogP contribution in [-0.2, 0) is 0 Å². The number of likely N-dealkylation sites (tertiary alicyclic amines) is 1. The zero-order valence-electron chi connectivity index (χ0n) is 11.8. The van der Waals surface area contributed by atoms with Crippen LogP contribution < -0.4 is 5.32 Å². The molecule has 1 aliphatic carbocycles. The third kappa shape index (κ3) is 2.75. The maximum Gasteiger partial charge on any atom is 0.169 e. The summed E-state index contributed by atoms with van der Waals surface area (Å²) < 4.78 is 0. The predicted molar refractivity (Wildman–Crippen MR) is 77.1 cm³/mol. The van der Waals surface area contributed by atoms with E-state index in [1.165, 1.54) is 19.3 Å². The molecule has 17 heavy (non-hydrogen) atoms. The standard InChI is InChI=1S/C14H26N2S/c1-10(2)15-12(17)16-9-14(5)7-11(16)6-13(3,4)8-14/h10-11H,6-9H2,1-5H3,(H,15,17)/t11-,14-/m0/s1. The zero-order valence-corrected chi connectivity index (χ0v) is 12.7. The molecule has 2 aliphatic rings. The van der Waals surface area contributed by atoms with Crippen LogP contribution in [0.1, 0.15) is 53.9 Å². The highest BCUT2D eigenvalue weighted by Gasteiger charge is 2.50. The van der Waals surface area contributed by atoms with Gasteiger partial charge in [-0.1, -0.05) is 20.8 Å². The molecule has 2 nitrogen and oxygen atoms in total. The second-order valence-corrected chi connectivity index (χ2v) is 7.83. The highest BCUT2D eigenvalue weighted by Crippen LogP contribution is 2.52. The number of nitrogens with zero attached hydrogens (tertiary/aromatic N) is 1. The van der Waals surface area contributed by atoms with Crippen molar-refractivity contribution in [1.29, 1.82) is 0 Å². The lowest BCUT2D eigenvalue weighted by Crippen LogP contribution is -2.45. The van der Waals surface area contributed by atoms with Gasteiger partial charge in [-0.2, -0.15) is 0 Å². The Morgan fingerprint density at radius 2 is 1.94 bits per heavy atom. The maximum absolute atomic E-state index is 5.55. The summed E-state index contributed by atoms with van der Waals surface area (Å²) in [6.45, 7) is 12.7. The molecule has 3 heteroatoms. The molecular weight excluding hydrogens is 228 g/mol. The van der Waals surface area contributed by atoms with Crippen LogP contribution in [0.25, 0.3) is 0 Å². The van der Waals surface area contributed by atoms with E-state index in [1.807, 2.05) is 0 Å². The molecule has 0 aromatic rings. The molecule has 1 heterocycles. The second-order valence-electron chi connectivity index (χ2n) is 7.45. The van der Waals surface area contributed by atoms with Crippen molar-refractivity contribution in [3.63, 3.8) is 0 Å². The Bertz CT molecular complexity index is 324. The first-order valence-corrected chi connectivity index (χ1v) is 7.19. The number of hydrogen-bond acceptors (Lipinski definition) is 1. The first-order chi connectivity index (χ1) is 7.71.